The second kappa shape index (κ2) is 7.16. The molecule has 9 heteroatoms. The van der Waals surface area contributed by atoms with E-state index in [0.29, 0.717) is 21.9 Å². The van der Waals surface area contributed by atoms with Crippen LogP contribution in [0.25, 0.3) is 11.0 Å². The molecule has 0 spiro atoms. The number of imidazole rings is 1. The zero-order valence-electron chi connectivity index (χ0n) is 14.0. The highest BCUT2D eigenvalue weighted by Gasteiger charge is 2.31. The maximum atomic E-state index is 12.9. The summed E-state index contributed by atoms with van der Waals surface area (Å²) in [5.41, 5.74) is 2.28. The summed E-state index contributed by atoms with van der Waals surface area (Å²) in [6.07, 6.45) is -3.08. The minimum atomic E-state index is -4.43. The highest BCUT2D eigenvalue weighted by atomic mass is 32.2. The fraction of sp³-hybridized carbons (Fsp3) is 0.294. The Morgan fingerprint density at radius 3 is 2.69 bits per heavy atom. The average molecular weight is 383 g/mol. The number of hydrogen-bond donors (Lipinski definition) is 1. The van der Waals surface area contributed by atoms with Crippen molar-refractivity contribution in [3.05, 3.63) is 47.8 Å². The predicted octanol–water partition coefficient (Wildman–Crippen LogP) is 4.08. The monoisotopic (exact) mass is 383 g/mol. The maximum Gasteiger partial charge on any atom is 0.422 e. The average Bonchev–Trinajstić information content (AvgIpc) is 3.03. The molecule has 0 aliphatic carbocycles. The van der Waals surface area contributed by atoms with Crippen molar-refractivity contribution in [2.75, 3.05) is 6.61 Å². The molecule has 5 nitrogen and oxygen atoms in total. The van der Waals surface area contributed by atoms with Crippen LogP contribution in [0.15, 0.2) is 41.7 Å². The molecule has 2 atom stereocenters. The third kappa shape index (κ3) is 3.94. The number of aromatic nitrogens is 3. The number of para-hydroxylation sites is 2. The SMILES string of the molecule is Cc1c(OCC(F)(F)F)ccnc1[C@@H](C)[S+]([O-])c1nc2ccccc2[nH]1. The number of ether oxygens (including phenoxy) is 1. The van der Waals surface area contributed by atoms with E-state index in [4.69, 9.17) is 4.74 Å². The molecule has 0 aliphatic rings. The van der Waals surface area contributed by atoms with E-state index in [2.05, 4.69) is 15.0 Å². The summed E-state index contributed by atoms with van der Waals surface area (Å²) < 4.78 is 54.8. The first-order valence-corrected chi connectivity index (χ1v) is 8.98. The van der Waals surface area contributed by atoms with Gasteiger partial charge in [-0.2, -0.15) is 18.2 Å². The van der Waals surface area contributed by atoms with Crippen LogP contribution in [0.4, 0.5) is 13.2 Å². The zero-order valence-corrected chi connectivity index (χ0v) is 14.8. The van der Waals surface area contributed by atoms with Gasteiger partial charge in [0.15, 0.2) is 11.9 Å². The van der Waals surface area contributed by atoms with Crippen LogP contribution in [0.1, 0.15) is 23.4 Å². The Hall–Kier alpha value is -2.26. The van der Waals surface area contributed by atoms with Gasteiger partial charge in [0.1, 0.15) is 5.75 Å². The number of hydrogen-bond acceptors (Lipinski definition) is 4. The Kier molecular flexibility index (Phi) is 5.10. The number of nitrogens with one attached hydrogen (secondary N) is 1. The molecule has 2 aromatic heterocycles. The number of nitrogens with zero attached hydrogens (tertiary/aromatic N) is 2. The van der Waals surface area contributed by atoms with Crippen molar-refractivity contribution in [3.63, 3.8) is 0 Å². The predicted molar refractivity (Wildman–Crippen MR) is 91.4 cm³/mol. The molecule has 1 N–H and O–H groups in total. The molecule has 2 heterocycles. The van der Waals surface area contributed by atoms with E-state index in [1.54, 1.807) is 19.9 Å². The first-order valence-electron chi connectivity index (χ1n) is 7.76. The number of alkyl halides is 3. The highest BCUT2D eigenvalue weighted by molar-refractivity contribution is 7.91. The quantitative estimate of drug-likeness (QED) is 0.674. The molecule has 0 saturated heterocycles. The van der Waals surface area contributed by atoms with E-state index in [1.807, 2.05) is 18.2 Å². The normalized spacial score (nSPS) is 14.4. The number of rotatable bonds is 5. The van der Waals surface area contributed by atoms with Crippen LogP contribution < -0.4 is 4.74 Å². The first-order chi connectivity index (χ1) is 12.3. The Labute approximate surface area is 150 Å². The van der Waals surface area contributed by atoms with Crippen molar-refractivity contribution in [2.24, 2.45) is 0 Å². The minimum absolute atomic E-state index is 0.0702. The number of H-pyrrole nitrogens is 1. The summed E-state index contributed by atoms with van der Waals surface area (Å²) in [6.45, 7) is 1.89. The molecule has 0 radical (unpaired) electrons. The van der Waals surface area contributed by atoms with Crippen LogP contribution >= 0.6 is 0 Å². The van der Waals surface area contributed by atoms with E-state index in [0.717, 1.165) is 5.52 Å². The summed E-state index contributed by atoms with van der Waals surface area (Å²) in [6, 6.07) is 8.65. The molecule has 0 bridgehead atoms. The van der Waals surface area contributed by atoms with Crippen LogP contribution in [0.3, 0.4) is 0 Å². The van der Waals surface area contributed by atoms with Gasteiger partial charge < -0.3 is 9.29 Å². The lowest BCUT2D eigenvalue weighted by Gasteiger charge is -2.18. The van der Waals surface area contributed by atoms with E-state index >= 15 is 0 Å². The molecule has 1 unspecified atom stereocenters. The van der Waals surface area contributed by atoms with Crippen molar-refractivity contribution in [1.29, 1.82) is 0 Å². The smallest absolute Gasteiger partial charge is 0.422 e. The summed E-state index contributed by atoms with van der Waals surface area (Å²) in [5, 5.41) is -0.286. The standard InChI is InChI=1S/C17H16F3N3O2S/c1-10-14(25-9-17(18,19)20)7-8-21-15(10)11(2)26(24)16-22-12-5-3-4-6-13(12)23-16/h3-8,11H,9H2,1-2H3,(H,22,23)/t11-,26?/m1/s1. The van der Waals surface area contributed by atoms with Crippen LogP contribution in [0, 0.1) is 6.92 Å². The van der Waals surface area contributed by atoms with Crippen molar-refractivity contribution in [3.8, 4) is 5.75 Å². The molecular weight excluding hydrogens is 367 g/mol. The van der Waals surface area contributed by atoms with Gasteiger partial charge in [-0.1, -0.05) is 12.1 Å². The van der Waals surface area contributed by atoms with Crippen LogP contribution in [-0.2, 0) is 11.2 Å². The Balaban J connectivity index is 1.85. The van der Waals surface area contributed by atoms with Crippen LogP contribution in [0.2, 0.25) is 0 Å². The van der Waals surface area contributed by atoms with Gasteiger partial charge in [-0.25, -0.2) is 0 Å². The summed E-state index contributed by atoms with van der Waals surface area (Å²) in [5.74, 6) is 0.0702. The first kappa shape index (κ1) is 18.5. The zero-order chi connectivity index (χ0) is 18.9. The van der Waals surface area contributed by atoms with Crippen LogP contribution in [-0.4, -0.2) is 32.3 Å². The lowest BCUT2D eigenvalue weighted by atomic mass is 10.1. The molecule has 0 saturated carbocycles. The van der Waals surface area contributed by atoms with Gasteiger partial charge in [0.05, 0.1) is 16.7 Å². The Bertz CT molecular complexity index is 881. The summed E-state index contributed by atoms with van der Waals surface area (Å²) in [7, 11) is 0. The number of fused-ring (bicyclic) bond motifs is 1. The van der Waals surface area contributed by atoms with Gasteiger partial charge in [0, 0.05) is 22.9 Å². The van der Waals surface area contributed by atoms with Gasteiger partial charge >= 0.3 is 11.3 Å². The van der Waals surface area contributed by atoms with Crippen molar-refractivity contribution in [2.45, 2.75) is 30.4 Å². The number of halogens is 3. The van der Waals surface area contributed by atoms with E-state index in [9.17, 15) is 17.7 Å². The summed E-state index contributed by atoms with van der Waals surface area (Å²) >= 11 is -1.56. The Morgan fingerprint density at radius 2 is 2.00 bits per heavy atom. The summed E-state index contributed by atoms with van der Waals surface area (Å²) in [4.78, 5) is 11.5. The maximum absolute atomic E-state index is 12.9. The number of aromatic amines is 1. The van der Waals surface area contributed by atoms with E-state index in [-0.39, 0.29) is 5.75 Å². The molecule has 1 aromatic carbocycles. The molecular formula is C17H16F3N3O2S. The molecule has 0 amide bonds. The second-order valence-electron chi connectivity index (χ2n) is 5.72. The number of pyridine rings is 1. The van der Waals surface area contributed by atoms with Gasteiger partial charge in [-0.3, -0.25) is 9.97 Å². The highest BCUT2D eigenvalue weighted by Crippen LogP contribution is 2.32. The lowest BCUT2D eigenvalue weighted by Crippen LogP contribution is -2.20. The third-order valence-corrected chi connectivity index (χ3v) is 5.29. The van der Waals surface area contributed by atoms with Crippen molar-refractivity contribution in [1.82, 2.24) is 15.0 Å². The van der Waals surface area contributed by atoms with Gasteiger partial charge in [0.25, 0.3) is 0 Å². The third-order valence-electron chi connectivity index (χ3n) is 3.85. The van der Waals surface area contributed by atoms with Gasteiger partial charge in [-0.05, 0) is 32.0 Å². The van der Waals surface area contributed by atoms with E-state index < -0.39 is 29.2 Å². The molecule has 3 rings (SSSR count). The van der Waals surface area contributed by atoms with E-state index in [1.165, 1.54) is 12.3 Å². The van der Waals surface area contributed by atoms with Gasteiger partial charge in [0.2, 0.25) is 0 Å². The molecule has 0 fully saturated rings. The van der Waals surface area contributed by atoms with Crippen molar-refractivity contribution < 1.29 is 22.5 Å². The molecule has 26 heavy (non-hydrogen) atoms. The second-order valence-corrected chi connectivity index (χ2v) is 7.41. The molecule has 138 valence electrons. The van der Waals surface area contributed by atoms with Gasteiger partial charge in [-0.15, -0.1) is 0 Å². The fourth-order valence-electron chi connectivity index (χ4n) is 2.55. The fourth-order valence-corrected chi connectivity index (χ4v) is 3.73. The largest absolute Gasteiger partial charge is 0.608 e. The Morgan fingerprint density at radius 1 is 1.27 bits per heavy atom. The van der Waals surface area contributed by atoms with Crippen molar-refractivity contribution >= 4 is 22.2 Å². The van der Waals surface area contributed by atoms with Crippen LogP contribution in [0.5, 0.6) is 5.75 Å². The minimum Gasteiger partial charge on any atom is -0.608 e. The lowest BCUT2D eigenvalue weighted by molar-refractivity contribution is -0.153. The number of benzene rings is 1. The molecule has 3 aromatic rings. The molecule has 0 aliphatic heterocycles. The topological polar surface area (TPSA) is 73.9 Å².